The van der Waals surface area contributed by atoms with Crippen molar-refractivity contribution in [2.75, 3.05) is 13.2 Å². The first kappa shape index (κ1) is 16.8. The topological polar surface area (TPSA) is 38.7 Å². The largest absolute Gasteiger partial charge is 0.490 e. The van der Waals surface area contributed by atoms with Crippen LogP contribution in [0.1, 0.15) is 38.2 Å². The highest BCUT2D eigenvalue weighted by atomic mass is 79.9. The molecule has 1 atom stereocenters. The van der Waals surface area contributed by atoms with Gasteiger partial charge in [0.2, 0.25) is 0 Å². The Morgan fingerprint density at radius 1 is 1.24 bits per heavy atom. The van der Waals surface area contributed by atoms with Crippen molar-refractivity contribution in [2.24, 2.45) is 5.92 Å². The van der Waals surface area contributed by atoms with E-state index in [1.54, 1.807) is 0 Å². The van der Waals surface area contributed by atoms with E-state index in [0.717, 1.165) is 41.5 Å². The van der Waals surface area contributed by atoms with Gasteiger partial charge < -0.3 is 14.6 Å². The zero-order chi connectivity index (χ0) is 15.2. The molecule has 0 aromatic heterocycles. The van der Waals surface area contributed by atoms with E-state index >= 15 is 0 Å². The van der Waals surface area contributed by atoms with Gasteiger partial charge in [-0.2, -0.15) is 0 Å². The van der Waals surface area contributed by atoms with Gasteiger partial charge in [-0.25, -0.2) is 0 Å². The van der Waals surface area contributed by atoms with Crippen molar-refractivity contribution in [3.05, 3.63) is 28.2 Å². The molecule has 0 saturated heterocycles. The minimum absolute atomic E-state index is 0.195. The van der Waals surface area contributed by atoms with Crippen LogP contribution in [0, 0.1) is 12.8 Å². The summed E-state index contributed by atoms with van der Waals surface area (Å²) in [5.41, 5.74) is 1.16. The molecule has 0 heterocycles. The van der Waals surface area contributed by atoms with E-state index in [1.165, 1.54) is 0 Å². The Balaban J connectivity index is 1.78. The maximum Gasteiger partial charge on any atom is 0.123 e. The molecule has 4 heteroatoms. The summed E-state index contributed by atoms with van der Waals surface area (Å²) in [5, 5.41) is 9.01. The summed E-state index contributed by atoms with van der Waals surface area (Å²) in [7, 11) is 0. The van der Waals surface area contributed by atoms with Crippen LogP contribution >= 0.6 is 15.9 Å². The average molecular weight is 357 g/mol. The number of rotatable bonds is 6. The van der Waals surface area contributed by atoms with Crippen LogP contribution in [0.3, 0.4) is 0 Å². The van der Waals surface area contributed by atoms with Crippen molar-refractivity contribution in [1.82, 2.24) is 0 Å². The third kappa shape index (κ3) is 4.97. The molecule has 0 aliphatic heterocycles. The van der Waals surface area contributed by atoms with Gasteiger partial charge in [0.25, 0.3) is 0 Å². The molecule has 1 aliphatic carbocycles. The zero-order valence-electron chi connectivity index (χ0n) is 12.8. The minimum atomic E-state index is 0.195. The molecule has 118 valence electrons. The van der Waals surface area contributed by atoms with Crippen LogP contribution in [0.2, 0.25) is 0 Å². The van der Waals surface area contributed by atoms with E-state index in [9.17, 15) is 0 Å². The Kier molecular flexibility index (Phi) is 6.52. The highest BCUT2D eigenvalue weighted by Crippen LogP contribution is 2.30. The molecular formula is C17H25BrO3. The zero-order valence-corrected chi connectivity index (χ0v) is 14.4. The molecule has 3 nitrogen and oxygen atoms in total. The van der Waals surface area contributed by atoms with Gasteiger partial charge in [-0.1, -0.05) is 28.9 Å². The standard InChI is InChI=1S/C17H25BrO3/c1-12(10-19)11-20-14-6-8-15(9-7-14)21-17-5-3-4-16(18)13(17)2/h3-5,12,14-15,19H,6-11H2,1-2H3/t12-,14?,15?/m0/s1. The summed E-state index contributed by atoms with van der Waals surface area (Å²) in [4.78, 5) is 0. The maximum atomic E-state index is 9.01. The summed E-state index contributed by atoms with van der Waals surface area (Å²) >= 11 is 3.54. The summed E-state index contributed by atoms with van der Waals surface area (Å²) in [5.74, 6) is 1.20. The second-order valence-corrected chi connectivity index (χ2v) is 6.85. The Morgan fingerprint density at radius 2 is 1.90 bits per heavy atom. The Morgan fingerprint density at radius 3 is 2.57 bits per heavy atom. The lowest BCUT2D eigenvalue weighted by Gasteiger charge is -2.30. The smallest absolute Gasteiger partial charge is 0.123 e. The first-order valence-corrected chi connectivity index (χ1v) is 8.53. The predicted octanol–water partition coefficient (Wildman–Crippen LogP) is 4.09. The summed E-state index contributed by atoms with van der Waals surface area (Å²) < 4.78 is 13.1. The fourth-order valence-corrected chi connectivity index (χ4v) is 2.91. The quantitative estimate of drug-likeness (QED) is 0.833. The first-order chi connectivity index (χ1) is 10.1. The molecule has 1 aromatic carbocycles. The van der Waals surface area contributed by atoms with Gasteiger partial charge in [-0.15, -0.1) is 0 Å². The monoisotopic (exact) mass is 356 g/mol. The SMILES string of the molecule is Cc1c(Br)cccc1OC1CCC(OC[C@@H](C)CO)CC1. The number of aliphatic hydroxyl groups excluding tert-OH is 1. The van der Waals surface area contributed by atoms with Gasteiger partial charge >= 0.3 is 0 Å². The number of hydrogen-bond donors (Lipinski definition) is 1. The maximum absolute atomic E-state index is 9.01. The van der Waals surface area contributed by atoms with Gasteiger partial charge in [0.1, 0.15) is 5.75 Å². The van der Waals surface area contributed by atoms with Crippen LogP contribution in [-0.4, -0.2) is 30.5 Å². The predicted molar refractivity (Wildman–Crippen MR) is 87.8 cm³/mol. The molecule has 0 radical (unpaired) electrons. The molecule has 0 spiro atoms. The number of aliphatic hydroxyl groups is 1. The van der Waals surface area contributed by atoms with Crippen molar-refractivity contribution < 1.29 is 14.6 Å². The molecule has 21 heavy (non-hydrogen) atoms. The fraction of sp³-hybridized carbons (Fsp3) is 0.647. The van der Waals surface area contributed by atoms with E-state index in [4.69, 9.17) is 14.6 Å². The third-order valence-electron chi connectivity index (χ3n) is 4.06. The van der Waals surface area contributed by atoms with Crippen LogP contribution in [0.15, 0.2) is 22.7 Å². The van der Waals surface area contributed by atoms with Gasteiger partial charge in [0.15, 0.2) is 0 Å². The molecule has 2 rings (SSSR count). The Bertz CT molecular complexity index is 442. The average Bonchev–Trinajstić information content (AvgIpc) is 2.51. The van der Waals surface area contributed by atoms with E-state index in [0.29, 0.717) is 12.7 Å². The lowest BCUT2D eigenvalue weighted by Crippen LogP contribution is -2.29. The molecule has 1 N–H and O–H groups in total. The number of ether oxygens (including phenoxy) is 2. The molecule has 1 aromatic rings. The number of halogens is 1. The molecule has 1 saturated carbocycles. The van der Waals surface area contributed by atoms with E-state index in [1.807, 2.05) is 25.1 Å². The van der Waals surface area contributed by atoms with Gasteiger partial charge in [-0.05, 0) is 44.7 Å². The molecule has 0 unspecified atom stereocenters. The third-order valence-corrected chi connectivity index (χ3v) is 4.92. The highest BCUT2D eigenvalue weighted by molar-refractivity contribution is 9.10. The second-order valence-electron chi connectivity index (χ2n) is 6.00. The Hall–Kier alpha value is -0.580. The van der Waals surface area contributed by atoms with Crippen LogP contribution < -0.4 is 4.74 Å². The lowest BCUT2D eigenvalue weighted by molar-refractivity contribution is -0.0177. The van der Waals surface area contributed by atoms with Gasteiger partial charge in [0.05, 0.1) is 18.8 Å². The van der Waals surface area contributed by atoms with Crippen molar-refractivity contribution in [3.63, 3.8) is 0 Å². The van der Waals surface area contributed by atoms with Crippen LogP contribution in [0.5, 0.6) is 5.75 Å². The molecule has 1 aliphatic rings. The summed E-state index contributed by atoms with van der Waals surface area (Å²) in [6.45, 7) is 4.92. The van der Waals surface area contributed by atoms with Crippen LogP contribution in [0.4, 0.5) is 0 Å². The van der Waals surface area contributed by atoms with E-state index in [2.05, 4.69) is 22.9 Å². The van der Waals surface area contributed by atoms with Crippen molar-refractivity contribution in [3.8, 4) is 5.75 Å². The van der Waals surface area contributed by atoms with E-state index in [-0.39, 0.29) is 18.6 Å². The van der Waals surface area contributed by atoms with Gasteiger partial charge in [0, 0.05) is 22.6 Å². The number of benzene rings is 1. The second kappa shape index (κ2) is 8.16. The molecule has 0 bridgehead atoms. The first-order valence-electron chi connectivity index (χ1n) is 7.74. The number of hydrogen-bond acceptors (Lipinski definition) is 3. The highest BCUT2D eigenvalue weighted by Gasteiger charge is 2.23. The van der Waals surface area contributed by atoms with E-state index < -0.39 is 0 Å². The lowest BCUT2D eigenvalue weighted by atomic mass is 9.94. The minimum Gasteiger partial charge on any atom is -0.490 e. The molecular weight excluding hydrogens is 332 g/mol. The van der Waals surface area contributed by atoms with Gasteiger partial charge in [-0.3, -0.25) is 0 Å². The summed E-state index contributed by atoms with van der Waals surface area (Å²) in [6.07, 6.45) is 4.75. The fourth-order valence-electron chi connectivity index (χ4n) is 2.56. The molecule has 0 amide bonds. The molecule has 1 fully saturated rings. The normalized spacial score (nSPS) is 23.8. The summed E-state index contributed by atoms with van der Waals surface area (Å²) in [6, 6.07) is 6.08. The van der Waals surface area contributed by atoms with Crippen molar-refractivity contribution >= 4 is 15.9 Å². The van der Waals surface area contributed by atoms with Crippen molar-refractivity contribution in [2.45, 2.75) is 51.7 Å². The Labute approximate surface area is 135 Å². The van der Waals surface area contributed by atoms with Crippen LogP contribution in [0.25, 0.3) is 0 Å². The van der Waals surface area contributed by atoms with Crippen molar-refractivity contribution in [1.29, 1.82) is 0 Å². The van der Waals surface area contributed by atoms with Crippen LogP contribution in [-0.2, 0) is 4.74 Å².